The summed E-state index contributed by atoms with van der Waals surface area (Å²) in [5, 5.41) is 10.6. The Balaban J connectivity index is 2.40. The van der Waals surface area contributed by atoms with Crippen molar-refractivity contribution in [3.05, 3.63) is 64.5 Å². The molecule has 0 radical (unpaired) electrons. The lowest BCUT2D eigenvalue weighted by Crippen LogP contribution is -2.13. The Morgan fingerprint density at radius 3 is 2.35 bits per heavy atom. The van der Waals surface area contributed by atoms with Crippen molar-refractivity contribution in [1.82, 2.24) is 0 Å². The van der Waals surface area contributed by atoms with E-state index in [0.717, 1.165) is 12.1 Å². The zero-order valence-corrected chi connectivity index (χ0v) is 10.8. The van der Waals surface area contributed by atoms with E-state index in [1.807, 2.05) is 0 Å². The summed E-state index contributed by atoms with van der Waals surface area (Å²) in [5.74, 6) is -1.09. The highest BCUT2D eigenvalue weighted by molar-refractivity contribution is 7.92. The molecular formula is C12H9FN2O4S. The summed E-state index contributed by atoms with van der Waals surface area (Å²) >= 11 is 0. The van der Waals surface area contributed by atoms with Crippen molar-refractivity contribution in [2.75, 3.05) is 4.72 Å². The molecule has 0 aliphatic carbocycles. The highest BCUT2D eigenvalue weighted by Crippen LogP contribution is 2.23. The number of nitrogens with one attached hydrogen (secondary N) is 1. The van der Waals surface area contributed by atoms with Crippen LogP contribution in [-0.2, 0) is 10.0 Å². The predicted molar refractivity (Wildman–Crippen MR) is 70.3 cm³/mol. The molecule has 2 rings (SSSR count). The molecule has 0 amide bonds. The molecule has 1 N–H and O–H groups in total. The Labute approximate surface area is 114 Å². The molecule has 0 saturated heterocycles. The number of hydrogen-bond acceptors (Lipinski definition) is 4. The van der Waals surface area contributed by atoms with E-state index in [-0.39, 0.29) is 4.90 Å². The summed E-state index contributed by atoms with van der Waals surface area (Å²) in [4.78, 5) is 9.25. The second-order valence-electron chi connectivity index (χ2n) is 3.84. The number of nitro groups is 1. The molecule has 20 heavy (non-hydrogen) atoms. The molecule has 0 heterocycles. The van der Waals surface area contributed by atoms with E-state index < -0.39 is 26.5 Å². The number of rotatable bonds is 4. The van der Waals surface area contributed by atoms with E-state index in [9.17, 15) is 22.9 Å². The summed E-state index contributed by atoms with van der Waals surface area (Å²) < 4.78 is 39.5. The second-order valence-corrected chi connectivity index (χ2v) is 5.52. The quantitative estimate of drug-likeness (QED) is 0.693. The minimum Gasteiger partial charge on any atom is -0.280 e. The molecule has 0 saturated carbocycles. The molecule has 2 aromatic carbocycles. The summed E-state index contributed by atoms with van der Waals surface area (Å²) in [5.41, 5.74) is -0.583. The van der Waals surface area contributed by atoms with Gasteiger partial charge < -0.3 is 0 Å². The molecule has 0 aliphatic heterocycles. The van der Waals surface area contributed by atoms with Gasteiger partial charge in [-0.2, -0.15) is 4.39 Å². The zero-order chi connectivity index (χ0) is 14.8. The number of para-hydroxylation sites is 1. The van der Waals surface area contributed by atoms with Crippen molar-refractivity contribution in [3.63, 3.8) is 0 Å². The third-order valence-electron chi connectivity index (χ3n) is 2.45. The fourth-order valence-electron chi connectivity index (χ4n) is 1.52. The molecule has 2 aromatic rings. The van der Waals surface area contributed by atoms with Crippen LogP contribution in [0, 0.1) is 15.9 Å². The van der Waals surface area contributed by atoms with Crippen LogP contribution in [0.1, 0.15) is 0 Å². The van der Waals surface area contributed by atoms with Crippen LogP contribution in [-0.4, -0.2) is 13.3 Å². The number of nitrogens with zero attached hydrogens (tertiary/aromatic N) is 1. The number of halogens is 1. The third-order valence-corrected chi connectivity index (χ3v) is 3.83. The largest absolute Gasteiger partial charge is 0.306 e. The first-order chi connectivity index (χ1) is 9.40. The standard InChI is InChI=1S/C12H9FN2O4S/c13-11-7-6-10(8-12(11)15(16)17)20(18,19)14-9-4-2-1-3-5-9/h1-8,14H. The predicted octanol–water partition coefficient (Wildman–Crippen LogP) is 2.53. The van der Waals surface area contributed by atoms with Gasteiger partial charge in [0, 0.05) is 11.8 Å². The van der Waals surface area contributed by atoms with E-state index in [0.29, 0.717) is 11.8 Å². The van der Waals surface area contributed by atoms with Crippen molar-refractivity contribution in [2.45, 2.75) is 4.90 Å². The van der Waals surface area contributed by atoms with Crippen LogP contribution in [0.15, 0.2) is 53.4 Å². The molecule has 0 spiro atoms. The van der Waals surface area contributed by atoms with E-state index in [1.54, 1.807) is 18.2 Å². The fourth-order valence-corrected chi connectivity index (χ4v) is 2.60. The number of anilines is 1. The van der Waals surface area contributed by atoms with Gasteiger partial charge in [-0.25, -0.2) is 8.42 Å². The van der Waals surface area contributed by atoms with E-state index in [1.165, 1.54) is 12.1 Å². The Morgan fingerprint density at radius 2 is 1.75 bits per heavy atom. The molecule has 0 aliphatic rings. The van der Waals surface area contributed by atoms with Crippen molar-refractivity contribution in [1.29, 1.82) is 0 Å². The number of hydrogen-bond donors (Lipinski definition) is 1. The van der Waals surface area contributed by atoms with Gasteiger partial charge >= 0.3 is 5.69 Å². The molecule has 0 aromatic heterocycles. The fraction of sp³-hybridized carbons (Fsp3) is 0. The highest BCUT2D eigenvalue weighted by Gasteiger charge is 2.21. The van der Waals surface area contributed by atoms with Gasteiger partial charge in [0.15, 0.2) is 0 Å². The Hall–Kier alpha value is -2.48. The Bertz CT molecular complexity index is 747. The van der Waals surface area contributed by atoms with Gasteiger partial charge in [-0.1, -0.05) is 18.2 Å². The van der Waals surface area contributed by atoms with Crippen molar-refractivity contribution >= 4 is 21.4 Å². The van der Waals surface area contributed by atoms with Gasteiger partial charge in [0.05, 0.1) is 9.82 Å². The van der Waals surface area contributed by atoms with E-state index in [4.69, 9.17) is 0 Å². The Kier molecular flexibility index (Phi) is 3.66. The topological polar surface area (TPSA) is 89.3 Å². The van der Waals surface area contributed by atoms with Crippen molar-refractivity contribution < 1.29 is 17.7 Å². The molecule has 0 unspecified atom stereocenters. The first-order valence-corrected chi connectivity index (χ1v) is 6.90. The van der Waals surface area contributed by atoms with Gasteiger partial charge in [-0.05, 0) is 24.3 Å². The van der Waals surface area contributed by atoms with Crippen LogP contribution in [0.25, 0.3) is 0 Å². The first kappa shape index (κ1) is 13.9. The monoisotopic (exact) mass is 296 g/mol. The molecule has 104 valence electrons. The summed E-state index contributed by atoms with van der Waals surface area (Å²) in [6.07, 6.45) is 0. The van der Waals surface area contributed by atoms with Gasteiger partial charge in [0.25, 0.3) is 10.0 Å². The van der Waals surface area contributed by atoms with Gasteiger partial charge in [0.2, 0.25) is 5.82 Å². The van der Waals surface area contributed by atoms with Gasteiger partial charge in [-0.3, -0.25) is 14.8 Å². The third kappa shape index (κ3) is 2.91. The zero-order valence-electron chi connectivity index (χ0n) is 9.99. The van der Waals surface area contributed by atoms with E-state index in [2.05, 4.69) is 4.72 Å². The van der Waals surface area contributed by atoms with Crippen LogP contribution >= 0.6 is 0 Å². The molecule has 8 heteroatoms. The maximum atomic E-state index is 13.2. The number of sulfonamides is 1. The molecular weight excluding hydrogens is 287 g/mol. The normalized spacial score (nSPS) is 11.1. The van der Waals surface area contributed by atoms with Crippen molar-refractivity contribution in [2.24, 2.45) is 0 Å². The van der Waals surface area contributed by atoms with Gasteiger partial charge in [-0.15, -0.1) is 0 Å². The summed E-state index contributed by atoms with van der Waals surface area (Å²) in [6, 6.07) is 10.4. The second kappa shape index (κ2) is 5.25. The number of benzene rings is 2. The van der Waals surface area contributed by atoms with E-state index >= 15 is 0 Å². The lowest BCUT2D eigenvalue weighted by atomic mass is 10.3. The van der Waals surface area contributed by atoms with Crippen LogP contribution in [0.2, 0.25) is 0 Å². The van der Waals surface area contributed by atoms with Crippen LogP contribution < -0.4 is 4.72 Å². The smallest absolute Gasteiger partial charge is 0.280 e. The van der Waals surface area contributed by atoms with Gasteiger partial charge in [0.1, 0.15) is 0 Å². The average molecular weight is 296 g/mol. The maximum Gasteiger partial charge on any atom is 0.306 e. The van der Waals surface area contributed by atoms with Crippen LogP contribution in [0.4, 0.5) is 15.8 Å². The lowest BCUT2D eigenvalue weighted by Gasteiger charge is -2.07. The summed E-state index contributed by atoms with van der Waals surface area (Å²) in [7, 11) is -4.01. The highest BCUT2D eigenvalue weighted by atomic mass is 32.2. The first-order valence-electron chi connectivity index (χ1n) is 5.42. The summed E-state index contributed by atoms with van der Waals surface area (Å²) in [6.45, 7) is 0. The minimum atomic E-state index is -4.01. The Morgan fingerprint density at radius 1 is 1.10 bits per heavy atom. The minimum absolute atomic E-state index is 0.305. The molecule has 0 fully saturated rings. The molecule has 0 bridgehead atoms. The SMILES string of the molecule is O=[N+]([O-])c1cc(S(=O)(=O)Nc2ccccc2)ccc1F. The van der Waals surface area contributed by atoms with Crippen LogP contribution in [0.3, 0.4) is 0 Å². The average Bonchev–Trinajstić information content (AvgIpc) is 2.39. The molecule has 0 atom stereocenters. The molecule has 6 nitrogen and oxygen atoms in total. The van der Waals surface area contributed by atoms with Crippen molar-refractivity contribution in [3.8, 4) is 0 Å². The number of nitro benzene ring substituents is 1. The maximum absolute atomic E-state index is 13.2. The lowest BCUT2D eigenvalue weighted by molar-refractivity contribution is -0.387. The van der Waals surface area contributed by atoms with Crippen LogP contribution in [0.5, 0.6) is 0 Å².